The maximum atomic E-state index is 11.9. The minimum absolute atomic E-state index is 0.0439. The first-order chi connectivity index (χ1) is 8.65. The standard InChI is InChI=1S/C13H15N3OS/c1-10(8-16-7-6-14-9-16)15-13(17)11-2-4-12(18)5-3-11/h2-7,9-10,18H,8H2,1H3,(H,15,17). The third-order valence-corrected chi connectivity index (χ3v) is 2.85. The van der Waals surface area contributed by atoms with E-state index in [0.29, 0.717) is 12.1 Å². The van der Waals surface area contributed by atoms with Gasteiger partial charge in [-0.05, 0) is 31.2 Å². The normalized spacial score (nSPS) is 12.1. The molecule has 1 aromatic heterocycles. The van der Waals surface area contributed by atoms with E-state index in [1.54, 1.807) is 36.8 Å². The largest absolute Gasteiger partial charge is 0.348 e. The molecule has 0 aliphatic carbocycles. The van der Waals surface area contributed by atoms with Crippen LogP contribution in [-0.2, 0) is 6.54 Å². The number of imidazole rings is 1. The Morgan fingerprint density at radius 1 is 1.44 bits per heavy atom. The molecule has 2 rings (SSSR count). The summed E-state index contributed by atoms with van der Waals surface area (Å²) >= 11 is 4.19. The lowest BCUT2D eigenvalue weighted by Gasteiger charge is -2.14. The molecule has 0 aliphatic rings. The summed E-state index contributed by atoms with van der Waals surface area (Å²) in [6, 6.07) is 7.18. The van der Waals surface area contributed by atoms with Crippen LogP contribution in [-0.4, -0.2) is 21.5 Å². The van der Waals surface area contributed by atoms with E-state index in [2.05, 4.69) is 22.9 Å². The summed E-state index contributed by atoms with van der Waals surface area (Å²) < 4.78 is 1.93. The van der Waals surface area contributed by atoms with E-state index in [0.717, 1.165) is 4.90 Å². The van der Waals surface area contributed by atoms with Crippen molar-refractivity contribution in [3.05, 3.63) is 48.5 Å². The van der Waals surface area contributed by atoms with Crippen LogP contribution in [0, 0.1) is 0 Å². The third kappa shape index (κ3) is 3.37. The molecule has 0 bridgehead atoms. The molecule has 18 heavy (non-hydrogen) atoms. The van der Waals surface area contributed by atoms with Gasteiger partial charge in [-0.15, -0.1) is 12.6 Å². The minimum Gasteiger partial charge on any atom is -0.348 e. The van der Waals surface area contributed by atoms with Crippen molar-refractivity contribution >= 4 is 18.5 Å². The summed E-state index contributed by atoms with van der Waals surface area (Å²) in [6.45, 7) is 2.67. The number of rotatable bonds is 4. The maximum Gasteiger partial charge on any atom is 0.251 e. The lowest BCUT2D eigenvalue weighted by Crippen LogP contribution is -2.35. The molecule has 4 nitrogen and oxygen atoms in total. The zero-order valence-corrected chi connectivity index (χ0v) is 11.0. The summed E-state index contributed by atoms with van der Waals surface area (Å²) in [4.78, 5) is 16.7. The fourth-order valence-corrected chi connectivity index (χ4v) is 1.83. The van der Waals surface area contributed by atoms with Crippen LogP contribution in [0.4, 0.5) is 0 Å². The van der Waals surface area contributed by atoms with Crippen LogP contribution in [0.5, 0.6) is 0 Å². The second kappa shape index (κ2) is 5.73. The molecule has 0 aliphatic heterocycles. The van der Waals surface area contributed by atoms with Gasteiger partial charge in [0.05, 0.1) is 6.33 Å². The molecule has 0 fully saturated rings. The van der Waals surface area contributed by atoms with Gasteiger partial charge in [0, 0.05) is 35.4 Å². The monoisotopic (exact) mass is 261 g/mol. The number of carbonyl (C=O) groups is 1. The Bertz CT molecular complexity index is 508. The first-order valence-electron chi connectivity index (χ1n) is 5.71. The Morgan fingerprint density at radius 3 is 2.78 bits per heavy atom. The predicted molar refractivity (Wildman–Crippen MR) is 72.8 cm³/mol. The van der Waals surface area contributed by atoms with Gasteiger partial charge < -0.3 is 9.88 Å². The van der Waals surface area contributed by atoms with E-state index in [1.165, 1.54) is 0 Å². The number of thiol groups is 1. The second-order valence-corrected chi connectivity index (χ2v) is 4.70. The zero-order valence-electron chi connectivity index (χ0n) is 10.1. The van der Waals surface area contributed by atoms with Crippen LogP contribution >= 0.6 is 12.6 Å². The van der Waals surface area contributed by atoms with Crippen molar-refractivity contribution in [1.29, 1.82) is 0 Å². The molecule has 1 heterocycles. The molecule has 1 atom stereocenters. The van der Waals surface area contributed by atoms with Crippen molar-refractivity contribution in [1.82, 2.24) is 14.9 Å². The topological polar surface area (TPSA) is 46.9 Å². The molecule has 1 aromatic carbocycles. The van der Waals surface area contributed by atoms with E-state index >= 15 is 0 Å². The van der Waals surface area contributed by atoms with Gasteiger partial charge in [0.1, 0.15) is 0 Å². The number of benzene rings is 1. The number of amides is 1. The van der Waals surface area contributed by atoms with Crippen LogP contribution in [0.15, 0.2) is 47.9 Å². The fraction of sp³-hybridized carbons (Fsp3) is 0.231. The molecule has 0 radical (unpaired) electrons. The molecule has 0 saturated heterocycles. The van der Waals surface area contributed by atoms with Crippen molar-refractivity contribution in [2.45, 2.75) is 24.4 Å². The highest BCUT2D eigenvalue weighted by atomic mass is 32.1. The van der Waals surface area contributed by atoms with Gasteiger partial charge in [0.2, 0.25) is 0 Å². The summed E-state index contributed by atoms with van der Waals surface area (Å²) in [5, 5.41) is 2.94. The highest BCUT2D eigenvalue weighted by molar-refractivity contribution is 7.80. The number of hydrogen-bond donors (Lipinski definition) is 2. The Hall–Kier alpha value is -1.75. The second-order valence-electron chi connectivity index (χ2n) is 4.18. The summed E-state index contributed by atoms with van der Waals surface area (Å²) in [7, 11) is 0. The van der Waals surface area contributed by atoms with Gasteiger partial charge >= 0.3 is 0 Å². The molecule has 2 aromatic rings. The zero-order chi connectivity index (χ0) is 13.0. The summed E-state index contributed by atoms with van der Waals surface area (Å²) in [5.74, 6) is -0.0732. The van der Waals surface area contributed by atoms with E-state index in [4.69, 9.17) is 0 Å². The van der Waals surface area contributed by atoms with Crippen molar-refractivity contribution in [3.63, 3.8) is 0 Å². The van der Waals surface area contributed by atoms with Gasteiger partial charge in [0.25, 0.3) is 5.91 Å². The van der Waals surface area contributed by atoms with Crippen molar-refractivity contribution in [3.8, 4) is 0 Å². The number of nitrogens with zero attached hydrogens (tertiary/aromatic N) is 2. The smallest absolute Gasteiger partial charge is 0.251 e. The quantitative estimate of drug-likeness (QED) is 0.827. The van der Waals surface area contributed by atoms with Crippen molar-refractivity contribution < 1.29 is 4.79 Å². The molecule has 1 amide bonds. The maximum absolute atomic E-state index is 11.9. The van der Waals surface area contributed by atoms with Crippen LogP contribution in [0.25, 0.3) is 0 Å². The fourth-order valence-electron chi connectivity index (χ4n) is 1.68. The van der Waals surface area contributed by atoms with Crippen LogP contribution in [0.2, 0.25) is 0 Å². The molecule has 0 spiro atoms. The Morgan fingerprint density at radius 2 is 2.17 bits per heavy atom. The molecule has 5 heteroatoms. The molecular formula is C13H15N3OS. The van der Waals surface area contributed by atoms with Crippen molar-refractivity contribution in [2.75, 3.05) is 0 Å². The van der Waals surface area contributed by atoms with E-state index in [-0.39, 0.29) is 11.9 Å². The summed E-state index contributed by atoms with van der Waals surface area (Å²) in [6.07, 6.45) is 5.33. The average Bonchev–Trinajstić information content (AvgIpc) is 2.82. The van der Waals surface area contributed by atoms with E-state index in [9.17, 15) is 4.79 Å². The molecular weight excluding hydrogens is 246 g/mol. The Kier molecular flexibility index (Phi) is 4.04. The van der Waals surface area contributed by atoms with Crippen LogP contribution < -0.4 is 5.32 Å². The number of hydrogen-bond acceptors (Lipinski definition) is 3. The van der Waals surface area contributed by atoms with Crippen molar-refractivity contribution in [2.24, 2.45) is 0 Å². The molecule has 1 N–H and O–H groups in total. The van der Waals surface area contributed by atoms with E-state index in [1.807, 2.05) is 17.7 Å². The predicted octanol–water partition coefficient (Wildman–Crippen LogP) is 1.99. The first kappa shape index (κ1) is 12.7. The lowest BCUT2D eigenvalue weighted by atomic mass is 10.2. The molecule has 0 saturated carbocycles. The van der Waals surface area contributed by atoms with Gasteiger partial charge in [-0.3, -0.25) is 4.79 Å². The SMILES string of the molecule is CC(Cn1ccnc1)NC(=O)c1ccc(S)cc1. The third-order valence-electron chi connectivity index (χ3n) is 2.55. The summed E-state index contributed by atoms with van der Waals surface area (Å²) in [5.41, 5.74) is 0.644. The lowest BCUT2D eigenvalue weighted by molar-refractivity contribution is 0.0936. The Labute approximate surface area is 111 Å². The van der Waals surface area contributed by atoms with Gasteiger partial charge in [-0.25, -0.2) is 4.98 Å². The number of aromatic nitrogens is 2. The minimum atomic E-state index is -0.0732. The number of nitrogens with one attached hydrogen (secondary N) is 1. The highest BCUT2D eigenvalue weighted by Crippen LogP contribution is 2.07. The number of carbonyl (C=O) groups excluding carboxylic acids is 1. The molecule has 94 valence electrons. The van der Waals surface area contributed by atoms with Gasteiger partial charge in [0.15, 0.2) is 0 Å². The average molecular weight is 261 g/mol. The van der Waals surface area contributed by atoms with E-state index < -0.39 is 0 Å². The van der Waals surface area contributed by atoms with Gasteiger partial charge in [-0.2, -0.15) is 0 Å². The Balaban J connectivity index is 1.92. The highest BCUT2D eigenvalue weighted by Gasteiger charge is 2.09. The van der Waals surface area contributed by atoms with Crippen LogP contribution in [0.1, 0.15) is 17.3 Å². The molecule has 1 unspecified atom stereocenters. The van der Waals surface area contributed by atoms with Gasteiger partial charge in [-0.1, -0.05) is 0 Å². The van der Waals surface area contributed by atoms with Crippen LogP contribution in [0.3, 0.4) is 0 Å². The first-order valence-corrected chi connectivity index (χ1v) is 6.15.